The molecule has 9 heteroatoms. The van der Waals surface area contributed by atoms with Crippen molar-refractivity contribution in [2.45, 2.75) is 0 Å². The zero-order valence-electron chi connectivity index (χ0n) is 11.7. The first kappa shape index (κ1) is 17.0. The fourth-order valence-electron chi connectivity index (χ4n) is 1.62. The zero-order valence-corrected chi connectivity index (χ0v) is 14.1. The van der Waals surface area contributed by atoms with E-state index in [9.17, 15) is 9.59 Å². The number of rotatable bonds is 4. The standard InChI is InChI=1S/C13H14ClN3O3S2/c1-20-10-3-2-8(14)6-9(10)12(19)17-16-11(18)7-22-13-15-4-5-21-13/h2-3,6H,4-5,7H2,1H3,(H,16,18)(H,17,19). The van der Waals surface area contributed by atoms with Gasteiger partial charge in [0.05, 0.1) is 25.0 Å². The molecule has 0 saturated carbocycles. The highest BCUT2D eigenvalue weighted by atomic mass is 35.5. The summed E-state index contributed by atoms with van der Waals surface area (Å²) < 4.78 is 5.99. The van der Waals surface area contributed by atoms with Crippen LogP contribution in [0.15, 0.2) is 23.2 Å². The molecule has 6 nitrogen and oxygen atoms in total. The van der Waals surface area contributed by atoms with E-state index in [1.54, 1.807) is 23.9 Å². The van der Waals surface area contributed by atoms with Crippen molar-refractivity contribution >= 4 is 51.3 Å². The lowest BCUT2D eigenvalue weighted by molar-refractivity contribution is -0.119. The van der Waals surface area contributed by atoms with Gasteiger partial charge in [-0.05, 0) is 18.2 Å². The number of hydrazine groups is 1. The van der Waals surface area contributed by atoms with E-state index in [0.29, 0.717) is 10.8 Å². The molecule has 22 heavy (non-hydrogen) atoms. The monoisotopic (exact) mass is 359 g/mol. The van der Waals surface area contributed by atoms with Crippen LogP contribution >= 0.6 is 35.1 Å². The number of halogens is 1. The molecule has 0 atom stereocenters. The molecule has 0 fully saturated rings. The summed E-state index contributed by atoms with van der Waals surface area (Å²) in [5, 5.41) is 0.407. The van der Waals surface area contributed by atoms with E-state index in [4.69, 9.17) is 16.3 Å². The predicted octanol–water partition coefficient (Wildman–Crippen LogP) is 1.95. The molecular formula is C13H14ClN3O3S2. The summed E-state index contributed by atoms with van der Waals surface area (Å²) >= 11 is 8.84. The smallest absolute Gasteiger partial charge is 0.273 e. The molecule has 2 rings (SSSR count). The van der Waals surface area contributed by atoms with Crippen molar-refractivity contribution in [2.24, 2.45) is 4.99 Å². The number of carbonyl (C=O) groups excluding carboxylic acids is 2. The topological polar surface area (TPSA) is 79.8 Å². The molecule has 0 aliphatic carbocycles. The number of aliphatic imine (C=N–C) groups is 1. The first-order valence-electron chi connectivity index (χ1n) is 6.33. The third-order valence-electron chi connectivity index (χ3n) is 2.61. The number of benzene rings is 1. The first-order chi connectivity index (χ1) is 10.6. The Labute approximate surface area is 141 Å². The maximum atomic E-state index is 12.0. The lowest BCUT2D eigenvalue weighted by atomic mass is 10.2. The van der Waals surface area contributed by atoms with Crippen LogP contribution in [-0.4, -0.2) is 41.4 Å². The third kappa shape index (κ3) is 4.82. The van der Waals surface area contributed by atoms with Gasteiger partial charge in [0.25, 0.3) is 5.91 Å². The number of nitrogens with zero attached hydrogens (tertiary/aromatic N) is 1. The summed E-state index contributed by atoms with van der Waals surface area (Å²) in [7, 11) is 1.45. The second-order valence-corrected chi connectivity index (χ2v) is 6.87. The lowest BCUT2D eigenvalue weighted by Crippen LogP contribution is -2.42. The Kier molecular flexibility index (Phi) is 6.41. The van der Waals surface area contributed by atoms with E-state index in [-0.39, 0.29) is 17.2 Å². The fourth-order valence-corrected chi connectivity index (χ4v) is 3.60. The number of hydrogen-bond donors (Lipinski definition) is 2. The highest BCUT2D eigenvalue weighted by molar-refractivity contribution is 8.39. The summed E-state index contributed by atoms with van der Waals surface area (Å²) in [6.45, 7) is 0.792. The van der Waals surface area contributed by atoms with Gasteiger partial charge >= 0.3 is 0 Å². The van der Waals surface area contributed by atoms with Crippen molar-refractivity contribution in [3.8, 4) is 5.75 Å². The van der Waals surface area contributed by atoms with E-state index < -0.39 is 5.91 Å². The Morgan fingerprint density at radius 2 is 2.27 bits per heavy atom. The summed E-state index contributed by atoms with van der Waals surface area (Å²) in [5.74, 6) is 0.718. The Morgan fingerprint density at radius 3 is 2.95 bits per heavy atom. The highest BCUT2D eigenvalue weighted by Crippen LogP contribution is 2.23. The molecule has 1 aromatic rings. The maximum Gasteiger partial charge on any atom is 0.273 e. The molecule has 1 aromatic carbocycles. The SMILES string of the molecule is COc1ccc(Cl)cc1C(=O)NNC(=O)CSC1=NCCS1. The summed E-state index contributed by atoms with van der Waals surface area (Å²) in [6, 6.07) is 4.68. The van der Waals surface area contributed by atoms with E-state index in [1.807, 2.05) is 0 Å². The molecule has 0 aromatic heterocycles. The van der Waals surface area contributed by atoms with Gasteiger partial charge in [0.2, 0.25) is 5.91 Å². The van der Waals surface area contributed by atoms with E-state index in [0.717, 1.165) is 16.7 Å². The normalized spacial score (nSPS) is 13.5. The minimum Gasteiger partial charge on any atom is -0.496 e. The number of carbonyl (C=O) groups is 2. The number of thioether (sulfide) groups is 2. The van der Waals surface area contributed by atoms with Crippen LogP contribution in [-0.2, 0) is 4.79 Å². The molecule has 2 N–H and O–H groups in total. The second kappa shape index (κ2) is 8.30. The highest BCUT2D eigenvalue weighted by Gasteiger charge is 2.15. The lowest BCUT2D eigenvalue weighted by Gasteiger charge is -2.10. The van der Waals surface area contributed by atoms with Crippen LogP contribution in [0.2, 0.25) is 5.02 Å². The number of ether oxygens (including phenoxy) is 1. The van der Waals surface area contributed by atoms with E-state index >= 15 is 0 Å². The first-order valence-corrected chi connectivity index (χ1v) is 8.68. The Bertz CT molecular complexity index is 610. The molecule has 0 radical (unpaired) electrons. The van der Waals surface area contributed by atoms with Gasteiger partial charge in [0, 0.05) is 10.8 Å². The number of amides is 2. The average molecular weight is 360 g/mol. The quantitative estimate of drug-likeness (QED) is 0.803. The van der Waals surface area contributed by atoms with Gasteiger partial charge < -0.3 is 4.74 Å². The van der Waals surface area contributed by atoms with Crippen LogP contribution < -0.4 is 15.6 Å². The van der Waals surface area contributed by atoms with Crippen LogP contribution in [0.4, 0.5) is 0 Å². The number of methoxy groups -OCH3 is 1. The second-order valence-electron chi connectivity index (χ2n) is 4.13. The molecule has 1 aliphatic rings. The summed E-state index contributed by atoms with van der Waals surface area (Å²) in [6.07, 6.45) is 0. The van der Waals surface area contributed by atoms with Gasteiger partial charge in [-0.1, -0.05) is 35.1 Å². The fraction of sp³-hybridized carbons (Fsp3) is 0.308. The number of hydrogen-bond acceptors (Lipinski definition) is 6. The van der Waals surface area contributed by atoms with Crippen molar-refractivity contribution in [1.82, 2.24) is 10.9 Å². The Hall–Kier alpha value is -1.38. The molecule has 118 valence electrons. The Balaban J connectivity index is 1.84. The maximum absolute atomic E-state index is 12.0. The van der Waals surface area contributed by atoms with Crippen molar-refractivity contribution in [1.29, 1.82) is 0 Å². The molecule has 0 bridgehead atoms. The molecule has 1 heterocycles. The zero-order chi connectivity index (χ0) is 15.9. The van der Waals surface area contributed by atoms with Crippen LogP contribution in [0, 0.1) is 0 Å². The van der Waals surface area contributed by atoms with Crippen molar-refractivity contribution in [3.05, 3.63) is 28.8 Å². The van der Waals surface area contributed by atoms with Crippen LogP contribution in [0.25, 0.3) is 0 Å². The number of nitrogens with one attached hydrogen (secondary N) is 2. The molecule has 1 aliphatic heterocycles. The van der Waals surface area contributed by atoms with Gasteiger partial charge in [-0.3, -0.25) is 25.4 Å². The van der Waals surface area contributed by atoms with Crippen molar-refractivity contribution < 1.29 is 14.3 Å². The van der Waals surface area contributed by atoms with E-state index in [2.05, 4.69) is 15.8 Å². The van der Waals surface area contributed by atoms with Crippen LogP contribution in [0.3, 0.4) is 0 Å². The largest absolute Gasteiger partial charge is 0.496 e. The van der Waals surface area contributed by atoms with Gasteiger partial charge in [-0.2, -0.15) is 0 Å². The predicted molar refractivity (Wildman–Crippen MR) is 90.8 cm³/mol. The third-order valence-corrected chi connectivity index (χ3v) is 5.09. The van der Waals surface area contributed by atoms with Crippen molar-refractivity contribution in [2.75, 3.05) is 25.2 Å². The van der Waals surface area contributed by atoms with Gasteiger partial charge in [-0.25, -0.2) is 0 Å². The molecule has 0 unspecified atom stereocenters. The molecule has 0 saturated heterocycles. The minimum absolute atomic E-state index is 0.193. The van der Waals surface area contributed by atoms with Gasteiger partial charge in [0.1, 0.15) is 10.1 Å². The van der Waals surface area contributed by atoms with Crippen molar-refractivity contribution in [3.63, 3.8) is 0 Å². The minimum atomic E-state index is -0.495. The molecule has 0 spiro atoms. The van der Waals surface area contributed by atoms with Crippen LogP contribution in [0.1, 0.15) is 10.4 Å². The van der Waals surface area contributed by atoms with Crippen LogP contribution in [0.5, 0.6) is 5.75 Å². The molecule has 2 amide bonds. The van der Waals surface area contributed by atoms with E-state index in [1.165, 1.54) is 24.9 Å². The summed E-state index contributed by atoms with van der Waals surface area (Å²) in [5.41, 5.74) is 4.94. The average Bonchev–Trinajstić information content (AvgIpc) is 3.04. The summed E-state index contributed by atoms with van der Waals surface area (Å²) in [4.78, 5) is 28.0. The van der Waals surface area contributed by atoms with Gasteiger partial charge in [-0.15, -0.1) is 0 Å². The van der Waals surface area contributed by atoms with Gasteiger partial charge in [0.15, 0.2) is 0 Å². The Morgan fingerprint density at radius 1 is 1.45 bits per heavy atom. The molecular weight excluding hydrogens is 346 g/mol.